The van der Waals surface area contributed by atoms with E-state index in [2.05, 4.69) is 41.5 Å². The number of rotatable bonds is 8. The number of allylic oxidation sites excluding steroid dienone is 2. The van der Waals surface area contributed by atoms with Gasteiger partial charge >= 0.3 is 17.9 Å². The second-order valence-electron chi connectivity index (χ2n) is 18.0. The highest BCUT2D eigenvalue weighted by molar-refractivity contribution is 5.96. The van der Waals surface area contributed by atoms with Crippen molar-refractivity contribution >= 4 is 29.6 Å². The van der Waals surface area contributed by atoms with E-state index in [0.717, 1.165) is 44.1 Å². The summed E-state index contributed by atoms with van der Waals surface area (Å²) in [7, 11) is 0. The number of hydroxylamine groups is 2. The maximum atomic E-state index is 14.6. The van der Waals surface area contributed by atoms with E-state index < -0.39 is 41.9 Å². The smallest absolute Gasteiger partial charge is 0.332 e. The molecule has 0 bridgehead atoms. The Morgan fingerprint density at radius 3 is 2.21 bits per heavy atom. The maximum absolute atomic E-state index is 14.6. The molecule has 4 saturated carbocycles. The van der Waals surface area contributed by atoms with Gasteiger partial charge < -0.3 is 20.2 Å². The molecule has 0 aromatic carbocycles. The Hall–Kier alpha value is -2.75. The van der Waals surface area contributed by atoms with Gasteiger partial charge in [-0.1, -0.05) is 60.5 Å². The Morgan fingerprint density at radius 1 is 0.917 bits per heavy atom. The van der Waals surface area contributed by atoms with E-state index in [1.807, 2.05) is 6.08 Å². The van der Waals surface area contributed by atoms with E-state index in [9.17, 15) is 34.2 Å². The van der Waals surface area contributed by atoms with Crippen LogP contribution >= 0.6 is 0 Å². The Labute approximate surface area is 285 Å². The zero-order chi connectivity index (χ0) is 35.7. The molecule has 4 fully saturated rings. The van der Waals surface area contributed by atoms with E-state index in [1.54, 1.807) is 6.92 Å². The van der Waals surface area contributed by atoms with Crippen molar-refractivity contribution in [1.29, 1.82) is 0 Å². The van der Waals surface area contributed by atoms with Crippen molar-refractivity contribution in [2.45, 2.75) is 138 Å². The highest BCUT2D eigenvalue weighted by Crippen LogP contribution is 2.75. The van der Waals surface area contributed by atoms with Gasteiger partial charge in [-0.15, -0.1) is 0 Å². The quantitative estimate of drug-likeness (QED) is 0.250. The lowest BCUT2D eigenvalue weighted by atomic mass is 9.33. The molecule has 0 saturated heterocycles. The summed E-state index contributed by atoms with van der Waals surface area (Å²) in [5, 5.41) is 29.3. The molecule has 3 N–H and O–H groups in total. The van der Waals surface area contributed by atoms with Crippen LogP contribution in [0.1, 0.15) is 132 Å². The first kappa shape index (κ1) is 36.5. The van der Waals surface area contributed by atoms with Gasteiger partial charge in [-0.2, -0.15) is 5.06 Å². The molecule has 0 aromatic rings. The average molecular weight is 672 g/mol. The van der Waals surface area contributed by atoms with Crippen LogP contribution in [0.5, 0.6) is 0 Å². The van der Waals surface area contributed by atoms with Gasteiger partial charge in [0.2, 0.25) is 0 Å². The van der Waals surface area contributed by atoms with Crippen molar-refractivity contribution in [1.82, 2.24) is 5.06 Å². The van der Waals surface area contributed by atoms with Gasteiger partial charge in [0.05, 0.1) is 12.0 Å². The van der Waals surface area contributed by atoms with Gasteiger partial charge in [-0.3, -0.25) is 14.4 Å². The van der Waals surface area contributed by atoms with E-state index in [1.165, 1.54) is 6.42 Å². The molecule has 0 aliphatic heterocycles. The lowest BCUT2D eigenvalue weighted by Gasteiger charge is -2.70. The fourth-order valence-corrected chi connectivity index (χ4v) is 11.8. The summed E-state index contributed by atoms with van der Waals surface area (Å²) in [6.45, 7) is 14.9. The minimum absolute atomic E-state index is 0.0391. The summed E-state index contributed by atoms with van der Waals surface area (Å²) < 4.78 is 0. The number of hydrogen-bond acceptors (Lipinski definition) is 7. The summed E-state index contributed by atoms with van der Waals surface area (Å²) in [6.07, 6.45) is 10.1. The molecule has 9 atom stereocenters. The van der Waals surface area contributed by atoms with E-state index in [-0.39, 0.29) is 64.0 Å². The van der Waals surface area contributed by atoms with Crippen molar-refractivity contribution in [2.24, 2.45) is 50.2 Å². The molecular weight excluding hydrogens is 614 g/mol. The summed E-state index contributed by atoms with van der Waals surface area (Å²) in [4.78, 5) is 70.1. The largest absolute Gasteiger partial charge is 0.481 e. The fourth-order valence-electron chi connectivity index (χ4n) is 11.8. The zero-order valence-corrected chi connectivity index (χ0v) is 30.0. The minimum Gasteiger partial charge on any atom is -0.481 e. The number of nitrogens with zero attached hydrogens (tertiary/aromatic N) is 1. The van der Waals surface area contributed by atoms with Gasteiger partial charge in [0, 0.05) is 18.8 Å². The zero-order valence-electron chi connectivity index (χ0n) is 30.0. The normalized spacial score (nSPS) is 40.5. The summed E-state index contributed by atoms with van der Waals surface area (Å²) in [6, 6.07) is -1.81. The van der Waals surface area contributed by atoms with E-state index in [0.29, 0.717) is 30.2 Å². The van der Waals surface area contributed by atoms with Crippen LogP contribution in [0.4, 0.5) is 0 Å². The van der Waals surface area contributed by atoms with Crippen LogP contribution in [0.15, 0.2) is 11.6 Å². The summed E-state index contributed by atoms with van der Waals surface area (Å²) in [5.74, 6) is -3.74. The first-order valence-corrected chi connectivity index (χ1v) is 18.0. The Balaban J connectivity index is 1.49. The molecule has 5 aliphatic carbocycles. The van der Waals surface area contributed by atoms with Crippen molar-refractivity contribution in [2.75, 3.05) is 6.61 Å². The lowest BCUT2D eigenvalue weighted by Crippen LogP contribution is -2.65. The molecule has 10 heteroatoms. The number of aliphatic carboxylic acids is 2. The van der Waals surface area contributed by atoms with E-state index in [4.69, 9.17) is 9.94 Å². The number of carbonyl (C=O) groups is 5. The molecule has 0 aromatic heterocycles. The Morgan fingerprint density at radius 2 is 1.58 bits per heavy atom. The number of aliphatic hydroxyl groups is 1. The molecule has 48 heavy (non-hydrogen) atoms. The van der Waals surface area contributed by atoms with Crippen LogP contribution in [0, 0.1) is 50.2 Å². The summed E-state index contributed by atoms with van der Waals surface area (Å²) >= 11 is 0. The van der Waals surface area contributed by atoms with Crippen molar-refractivity contribution in [3.8, 4) is 0 Å². The molecule has 1 amide bonds. The first-order chi connectivity index (χ1) is 22.2. The number of aliphatic hydroxyl groups excluding tert-OH is 1. The molecule has 268 valence electrons. The molecule has 3 unspecified atom stereocenters. The van der Waals surface area contributed by atoms with Crippen LogP contribution in [-0.4, -0.2) is 62.6 Å². The Bertz CT molecular complexity index is 1400. The number of hydrogen-bond donors (Lipinski definition) is 3. The predicted molar refractivity (Wildman–Crippen MR) is 177 cm³/mol. The third-order valence-corrected chi connectivity index (χ3v) is 14.7. The Kier molecular flexibility index (Phi) is 9.31. The maximum Gasteiger partial charge on any atom is 0.332 e. The second kappa shape index (κ2) is 12.2. The van der Waals surface area contributed by atoms with Gasteiger partial charge in [0.1, 0.15) is 0 Å². The second-order valence-corrected chi connectivity index (χ2v) is 18.0. The highest BCUT2D eigenvalue weighted by Gasteiger charge is 2.69. The van der Waals surface area contributed by atoms with Crippen molar-refractivity contribution < 1.29 is 44.1 Å². The fraction of sp³-hybridized carbons (Fsp3) is 0.816. The third kappa shape index (κ3) is 5.62. The van der Waals surface area contributed by atoms with E-state index >= 15 is 0 Å². The van der Waals surface area contributed by atoms with Crippen LogP contribution < -0.4 is 0 Å². The van der Waals surface area contributed by atoms with Crippen LogP contribution in [0.2, 0.25) is 0 Å². The predicted octanol–water partition coefficient (Wildman–Crippen LogP) is 6.34. The number of carbonyl (C=O) groups excluding carboxylic acids is 3. The minimum atomic E-state index is -1.81. The number of ketones is 1. The molecule has 10 nitrogen and oxygen atoms in total. The van der Waals surface area contributed by atoms with Gasteiger partial charge in [0.25, 0.3) is 5.91 Å². The van der Waals surface area contributed by atoms with Crippen molar-refractivity contribution in [3.05, 3.63) is 11.6 Å². The molecule has 0 radical (unpaired) electrons. The van der Waals surface area contributed by atoms with Crippen LogP contribution in [-0.2, 0) is 28.8 Å². The molecule has 5 rings (SSSR count). The average Bonchev–Trinajstić information content (AvgIpc) is 2.97. The van der Waals surface area contributed by atoms with Crippen LogP contribution in [0.25, 0.3) is 0 Å². The standard InChI is InChI=1S/C38H57NO9/c1-33(2)13-9-14-36(5)27(33)12-15-38(7)30(36)26(41)20-23-24-21-35(4,17-16-34(24,3)18-19-37(23,38)6)32(47)39(25(22-40)31(45)46)48-29(44)11-8-10-28(42)43/h20,24-25,27,30,40H,8-19,21-22H2,1-7H3,(H,42,43)(H,45,46)/t24-,25-,27?,30?,34+,35?,36-,37+,38+/m0/s1. The number of amides is 1. The van der Waals surface area contributed by atoms with Gasteiger partial charge in [0.15, 0.2) is 11.8 Å². The number of carboxylic acid groups (broad SMARTS) is 2. The number of carboxylic acids is 2. The SMILES string of the molecule is CC1(C(=O)N(OC(=O)CCCC(=O)O)[C@@H](CO)C(=O)O)CC[C@]2(C)CC[C@]3(C)C(=CC(=O)C4[C@@]5(C)CCCC(C)(C)C5CC[C@]43C)[C@@H]2C1. The molecule has 0 heterocycles. The van der Waals surface area contributed by atoms with Gasteiger partial charge in [-0.05, 0) is 109 Å². The molecule has 0 spiro atoms. The van der Waals surface area contributed by atoms with Gasteiger partial charge in [-0.25, -0.2) is 9.59 Å². The van der Waals surface area contributed by atoms with Crippen LogP contribution in [0.3, 0.4) is 0 Å². The first-order valence-electron chi connectivity index (χ1n) is 18.0. The third-order valence-electron chi connectivity index (χ3n) is 14.7. The lowest BCUT2D eigenvalue weighted by molar-refractivity contribution is -0.222. The molecular formula is C38H57NO9. The topological polar surface area (TPSA) is 159 Å². The van der Waals surface area contributed by atoms with Crippen molar-refractivity contribution in [3.63, 3.8) is 0 Å². The monoisotopic (exact) mass is 671 g/mol. The molecule has 5 aliphatic rings. The highest BCUT2D eigenvalue weighted by atomic mass is 16.7. The number of fused-ring (bicyclic) bond motifs is 7. The summed E-state index contributed by atoms with van der Waals surface area (Å²) in [5.41, 5.74) is -0.573.